The second-order valence-electron chi connectivity index (χ2n) is 1.90. The van der Waals surface area contributed by atoms with Gasteiger partial charge in [0.2, 0.25) is 0 Å². The fraction of sp³-hybridized carbons (Fsp3) is 0.667. The summed E-state index contributed by atoms with van der Waals surface area (Å²) < 4.78 is 0. The molecule has 0 aliphatic carbocycles. The molecular formula is C6H11NO2Zn. The van der Waals surface area contributed by atoms with Crippen molar-refractivity contribution in [1.29, 1.82) is 0 Å². The van der Waals surface area contributed by atoms with E-state index in [1.54, 1.807) is 0 Å². The molecule has 0 amide bonds. The van der Waals surface area contributed by atoms with Gasteiger partial charge in [-0.1, -0.05) is 12.9 Å². The van der Waals surface area contributed by atoms with Crippen LogP contribution in [-0.4, -0.2) is 30.1 Å². The van der Waals surface area contributed by atoms with Gasteiger partial charge in [-0.25, -0.2) is 0 Å². The van der Waals surface area contributed by atoms with E-state index in [0.717, 1.165) is 0 Å². The van der Waals surface area contributed by atoms with Crippen LogP contribution in [0.2, 0.25) is 0 Å². The molecule has 0 atom stereocenters. The zero-order valence-electron chi connectivity index (χ0n) is 6.21. The van der Waals surface area contributed by atoms with Crippen molar-refractivity contribution in [3.8, 4) is 0 Å². The predicted octanol–water partition coefficient (Wildman–Crippen LogP) is 0.483. The van der Waals surface area contributed by atoms with Crippen molar-refractivity contribution in [3.63, 3.8) is 0 Å². The van der Waals surface area contributed by atoms with Crippen molar-refractivity contribution in [2.45, 2.75) is 12.8 Å². The Balaban J connectivity index is 0. The zero-order valence-corrected chi connectivity index (χ0v) is 9.18. The maximum absolute atomic E-state index is 8.24. The van der Waals surface area contributed by atoms with Crippen LogP contribution in [-0.2, 0) is 24.3 Å². The van der Waals surface area contributed by atoms with Gasteiger partial charge >= 0.3 is 19.5 Å². The third kappa shape index (κ3) is 8.05. The van der Waals surface area contributed by atoms with Crippen LogP contribution in [0.25, 0.3) is 0 Å². The standard InChI is InChI=1S/C5H10N.CHO2.Zn/c1-6-4-2-3-5-6;2-1-3;/h4H,2-3,5H2,1H3;(H,2,3);/q2*-1;+2. The summed E-state index contributed by atoms with van der Waals surface area (Å²) in [5.74, 6) is 0. The molecule has 0 unspecified atom stereocenters. The van der Waals surface area contributed by atoms with Gasteiger partial charge in [-0.05, 0) is 13.6 Å². The van der Waals surface area contributed by atoms with Gasteiger partial charge in [-0.3, -0.25) is 6.54 Å². The molecule has 54 valence electrons. The molecule has 0 saturated carbocycles. The first-order valence-corrected chi connectivity index (χ1v) is 2.86. The third-order valence-electron chi connectivity index (χ3n) is 1.16. The molecule has 0 bridgehead atoms. The number of nitrogens with zero attached hydrogens (tertiary/aromatic N) is 1. The Kier molecular flexibility index (Phi) is 11.5. The van der Waals surface area contributed by atoms with Crippen molar-refractivity contribution >= 4 is 6.47 Å². The molecule has 1 saturated heterocycles. The molecule has 0 aromatic carbocycles. The van der Waals surface area contributed by atoms with Crippen LogP contribution in [0.4, 0.5) is 0 Å². The Morgan fingerprint density at radius 2 is 2.20 bits per heavy atom. The molecule has 4 heteroatoms. The fourth-order valence-electron chi connectivity index (χ4n) is 0.744. The van der Waals surface area contributed by atoms with E-state index >= 15 is 0 Å². The molecule has 0 aromatic rings. The van der Waals surface area contributed by atoms with Crippen molar-refractivity contribution < 1.29 is 29.4 Å². The van der Waals surface area contributed by atoms with Crippen molar-refractivity contribution in [3.05, 3.63) is 6.54 Å². The first kappa shape index (κ1) is 12.7. The Hall–Kier alpha value is 0.0534. The summed E-state index contributed by atoms with van der Waals surface area (Å²) in [6.07, 6.45) is 2.65. The van der Waals surface area contributed by atoms with E-state index in [1.807, 2.05) is 0 Å². The van der Waals surface area contributed by atoms with Gasteiger partial charge in [0.25, 0.3) is 0 Å². The molecule has 1 N–H and O–H groups in total. The maximum Gasteiger partial charge on any atom is 2.00 e. The quantitative estimate of drug-likeness (QED) is 0.451. The minimum Gasteiger partial charge on any atom is -0.665 e. The molecule has 0 radical (unpaired) electrons. The minimum absolute atomic E-state index is 0. The Morgan fingerprint density at radius 1 is 1.70 bits per heavy atom. The normalized spacial score (nSPS) is 16.5. The van der Waals surface area contributed by atoms with Crippen molar-refractivity contribution in [2.24, 2.45) is 0 Å². The van der Waals surface area contributed by atoms with Crippen LogP contribution < -0.4 is 0 Å². The van der Waals surface area contributed by atoms with Crippen LogP contribution in [0.3, 0.4) is 0 Å². The molecule has 3 nitrogen and oxygen atoms in total. The van der Waals surface area contributed by atoms with Gasteiger partial charge < -0.3 is 14.8 Å². The van der Waals surface area contributed by atoms with Gasteiger partial charge in [0.15, 0.2) is 0 Å². The Labute approximate surface area is 74.2 Å². The van der Waals surface area contributed by atoms with E-state index in [1.165, 1.54) is 19.4 Å². The zero-order chi connectivity index (χ0) is 7.11. The SMILES string of the molecule is CN1[CH-]CCC1.O=[C-]O.[Zn+2]. The molecule has 0 spiro atoms. The van der Waals surface area contributed by atoms with Gasteiger partial charge in [0.05, 0.1) is 0 Å². The fourth-order valence-corrected chi connectivity index (χ4v) is 0.744. The molecule has 1 rings (SSSR count). The average Bonchev–Trinajstić information content (AvgIpc) is 2.20. The number of rotatable bonds is 0. The van der Waals surface area contributed by atoms with Crippen LogP contribution >= 0.6 is 0 Å². The summed E-state index contributed by atoms with van der Waals surface area (Å²) in [6, 6.07) is 0. The summed E-state index contributed by atoms with van der Waals surface area (Å²) in [7, 11) is 2.12. The van der Waals surface area contributed by atoms with Crippen LogP contribution in [0, 0.1) is 6.54 Å². The molecule has 1 aliphatic rings. The molecule has 1 heterocycles. The summed E-state index contributed by atoms with van der Waals surface area (Å²) in [5, 5.41) is 6.76. The average molecular weight is 195 g/mol. The van der Waals surface area contributed by atoms with Crippen LogP contribution in [0.1, 0.15) is 12.8 Å². The largest absolute Gasteiger partial charge is 2.00 e. The number of hydrogen-bond donors (Lipinski definition) is 1. The first-order valence-electron chi connectivity index (χ1n) is 2.86. The molecule has 0 aromatic heterocycles. The number of likely N-dealkylation sites (tertiary alicyclic amines) is 1. The first-order chi connectivity index (χ1) is 4.31. The molecular weight excluding hydrogens is 183 g/mol. The van der Waals surface area contributed by atoms with Gasteiger partial charge in [0.1, 0.15) is 0 Å². The summed E-state index contributed by atoms with van der Waals surface area (Å²) in [6.45, 7) is 4.00. The van der Waals surface area contributed by atoms with Gasteiger partial charge in [0, 0.05) is 0 Å². The molecule has 10 heavy (non-hydrogen) atoms. The van der Waals surface area contributed by atoms with E-state index in [0.29, 0.717) is 6.47 Å². The van der Waals surface area contributed by atoms with E-state index in [-0.39, 0.29) is 19.5 Å². The second kappa shape index (κ2) is 9.05. The summed E-state index contributed by atoms with van der Waals surface area (Å²) >= 11 is 0. The van der Waals surface area contributed by atoms with Crippen molar-refractivity contribution in [1.82, 2.24) is 4.90 Å². The summed E-state index contributed by atoms with van der Waals surface area (Å²) in [4.78, 5) is 10.5. The van der Waals surface area contributed by atoms with Crippen LogP contribution in [0.15, 0.2) is 0 Å². The van der Waals surface area contributed by atoms with Gasteiger partial charge in [-0.15, -0.1) is 0 Å². The molecule has 1 fully saturated rings. The predicted molar refractivity (Wildman–Crippen MR) is 34.5 cm³/mol. The van der Waals surface area contributed by atoms with E-state index in [9.17, 15) is 0 Å². The topological polar surface area (TPSA) is 40.5 Å². The third-order valence-corrected chi connectivity index (χ3v) is 1.16. The maximum atomic E-state index is 8.24. The Morgan fingerprint density at radius 3 is 2.30 bits per heavy atom. The second-order valence-corrected chi connectivity index (χ2v) is 1.90. The van der Waals surface area contributed by atoms with Gasteiger partial charge in [-0.2, -0.15) is 6.42 Å². The van der Waals surface area contributed by atoms with E-state index in [4.69, 9.17) is 9.90 Å². The smallest absolute Gasteiger partial charge is 0.665 e. The summed E-state index contributed by atoms with van der Waals surface area (Å²) in [5.41, 5.74) is 0. The van der Waals surface area contributed by atoms with E-state index in [2.05, 4.69) is 18.5 Å². The van der Waals surface area contributed by atoms with E-state index < -0.39 is 0 Å². The minimum atomic E-state index is 0. The van der Waals surface area contributed by atoms with Crippen LogP contribution in [0.5, 0.6) is 0 Å². The number of hydrogen-bond acceptors (Lipinski definition) is 2. The number of aliphatic hydroxyl groups excluding tert-OH is 1. The Bertz CT molecular complexity index is 74.1. The monoisotopic (exact) mass is 193 g/mol. The molecule has 1 aliphatic heterocycles. The van der Waals surface area contributed by atoms with Crippen molar-refractivity contribution in [2.75, 3.05) is 13.6 Å².